The summed E-state index contributed by atoms with van der Waals surface area (Å²) in [6.45, 7) is 6.04. The molecule has 2 aromatic heterocycles. The third-order valence-electron chi connectivity index (χ3n) is 5.77. The van der Waals surface area contributed by atoms with Crippen molar-refractivity contribution in [3.05, 3.63) is 70.1 Å². The summed E-state index contributed by atoms with van der Waals surface area (Å²) in [6.07, 6.45) is 4.72. The van der Waals surface area contributed by atoms with Gasteiger partial charge in [-0.3, -0.25) is 14.5 Å². The Kier molecular flexibility index (Phi) is 7.05. The first kappa shape index (κ1) is 24.6. The second kappa shape index (κ2) is 10.0. The van der Waals surface area contributed by atoms with E-state index >= 15 is 0 Å². The minimum absolute atomic E-state index is 0.0582. The predicted molar refractivity (Wildman–Crippen MR) is 130 cm³/mol. The molecule has 3 heterocycles. The SMILES string of the molecule is CCCc1nn(-c2cccc(Cl)c2)c([O-])c1C1=C([n+]2cc(C)cc(C)c2)C(=O)N(CCOC)C1=O. The number of aromatic nitrogens is 3. The molecule has 1 aliphatic heterocycles. The van der Waals surface area contributed by atoms with Crippen LogP contribution in [0, 0.1) is 13.8 Å². The van der Waals surface area contributed by atoms with Gasteiger partial charge >= 0.3 is 5.91 Å². The summed E-state index contributed by atoms with van der Waals surface area (Å²) in [4.78, 5) is 28.4. The molecule has 182 valence electrons. The standard InChI is InChI=1S/C26H27ClN4O4/c1-5-7-20-21(25(33)31(28-20)19-9-6-8-18(27)13-19)22-23(29-14-16(2)12-17(3)15-29)26(34)30(24(22)32)10-11-35-4/h6,8-9,12-15H,5,7,10-11H2,1-4H3. The number of pyridine rings is 1. The van der Waals surface area contributed by atoms with Crippen molar-refractivity contribution in [2.75, 3.05) is 20.3 Å². The van der Waals surface area contributed by atoms with Crippen molar-refractivity contribution in [2.45, 2.75) is 33.6 Å². The second-order valence-electron chi connectivity index (χ2n) is 8.54. The molecule has 0 atom stereocenters. The van der Waals surface area contributed by atoms with Crippen LogP contribution in [0.2, 0.25) is 5.02 Å². The van der Waals surface area contributed by atoms with E-state index in [9.17, 15) is 14.7 Å². The molecule has 0 spiro atoms. The van der Waals surface area contributed by atoms with Crippen LogP contribution in [0.15, 0.2) is 42.7 Å². The van der Waals surface area contributed by atoms with Crippen LogP contribution < -0.4 is 9.67 Å². The van der Waals surface area contributed by atoms with Crippen LogP contribution in [-0.4, -0.2) is 46.8 Å². The minimum Gasteiger partial charge on any atom is -0.858 e. The van der Waals surface area contributed by atoms with E-state index in [1.165, 1.54) is 11.8 Å². The van der Waals surface area contributed by atoms with Gasteiger partial charge in [-0.1, -0.05) is 31.0 Å². The quantitative estimate of drug-likeness (QED) is 0.355. The van der Waals surface area contributed by atoms with E-state index in [4.69, 9.17) is 16.3 Å². The summed E-state index contributed by atoms with van der Waals surface area (Å²) < 4.78 is 8.00. The molecule has 1 aromatic carbocycles. The molecule has 0 unspecified atom stereocenters. The topological polar surface area (TPSA) is 91.4 Å². The number of halogens is 1. The number of hydrogen-bond donors (Lipinski definition) is 0. The van der Waals surface area contributed by atoms with Gasteiger partial charge in [0.05, 0.1) is 24.5 Å². The zero-order valence-electron chi connectivity index (χ0n) is 20.2. The van der Waals surface area contributed by atoms with E-state index in [1.807, 2.05) is 26.8 Å². The van der Waals surface area contributed by atoms with Crippen molar-refractivity contribution in [3.63, 3.8) is 0 Å². The van der Waals surface area contributed by atoms with Crippen LogP contribution in [0.4, 0.5) is 0 Å². The fourth-order valence-electron chi connectivity index (χ4n) is 4.34. The second-order valence-corrected chi connectivity index (χ2v) is 8.98. The van der Waals surface area contributed by atoms with Crippen LogP contribution in [0.1, 0.15) is 35.7 Å². The minimum atomic E-state index is -0.534. The van der Waals surface area contributed by atoms with Gasteiger partial charge in [0.15, 0.2) is 12.4 Å². The van der Waals surface area contributed by atoms with Gasteiger partial charge in [0.1, 0.15) is 5.57 Å². The maximum Gasteiger partial charge on any atom is 0.326 e. The van der Waals surface area contributed by atoms with Gasteiger partial charge < -0.3 is 9.84 Å². The number of benzene rings is 1. The number of amides is 2. The first-order valence-corrected chi connectivity index (χ1v) is 11.8. The smallest absolute Gasteiger partial charge is 0.326 e. The van der Waals surface area contributed by atoms with Crippen LogP contribution >= 0.6 is 11.6 Å². The first-order valence-electron chi connectivity index (χ1n) is 11.4. The summed E-state index contributed by atoms with van der Waals surface area (Å²) in [5.74, 6) is -1.48. The molecule has 0 aliphatic carbocycles. The van der Waals surface area contributed by atoms with Gasteiger partial charge in [-0.05, 0) is 50.4 Å². The Morgan fingerprint density at radius 1 is 1.11 bits per heavy atom. The Morgan fingerprint density at radius 3 is 2.46 bits per heavy atom. The highest BCUT2D eigenvalue weighted by molar-refractivity contribution is 6.45. The molecule has 35 heavy (non-hydrogen) atoms. The number of ether oxygens (including phenoxy) is 1. The van der Waals surface area contributed by atoms with Crippen LogP contribution in [-0.2, 0) is 20.7 Å². The lowest BCUT2D eigenvalue weighted by Gasteiger charge is -2.15. The molecule has 8 nitrogen and oxygen atoms in total. The molecule has 0 bridgehead atoms. The molecule has 1 aliphatic rings. The molecular formula is C26H27ClN4O4. The first-order chi connectivity index (χ1) is 16.8. The zero-order valence-corrected chi connectivity index (χ0v) is 20.9. The van der Waals surface area contributed by atoms with Crippen molar-refractivity contribution in [1.82, 2.24) is 14.7 Å². The highest BCUT2D eigenvalue weighted by atomic mass is 35.5. The fraction of sp³-hybridized carbons (Fsp3) is 0.308. The average Bonchev–Trinajstić information content (AvgIpc) is 3.24. The highest BCUT2D eigenvalue weighted by Crippen LogP contribution is 2.37. The van der Waals surface area contributed by atoms with E-state index < -0.39 is 17.7 Å². The molecule has 0 radical (unpaired) electrons. The maximum absolute atomic E-state index is 13.8. The fourth-order valence-corrected chi connectivity index (χ4v) is 4.53. The Morgan fingerprint density at radius 2 is 1.83 bits per heavy atom. The summed E-state index contributed by atoms with van der Waals surface area (Å²) in [6, 6.07) is 8.76. The molecular weight excluding hydrogens is 468 g/mol. The van der Waals surface area contributed by atoms with Crippen LogP contribution in [0.5, 0.6) is 5.88 Å². The largest absolute Gasteiger partial charge is 0.858 e. The molecule has 2 amide bonds. The summed E-state index contributed by atoms with van der Waals surface area (Å²) in [7, 11) is 1.50. The van der Waals surface area contributed by atoms with E-state index in [2.05, 4.69) is 5.10 Å². The van der Waals surface area contributed by atoms with Crippen molar-refractivity contribution in [1.29, 1.82) is 0 Å². The lowest BCUT2D eigenvalue weighted by atomic mass is 10.0. The van der Waals surface area contributed by atoms with Crippen molar-refractivity contribution < 1.29 is 24.0 Å². The summed E-state index contributed by atoms with van der Waals surface area (Å²) >= 11 is 6.15. The molecule has 9 heteroatoms. The van der Waals surface area contributed by atoms with Gasteiger partial charge in [-0.25, -0.2) is 4.68 Å². The van der Waals surface area contributed by atoms with E-state index in [-0.39, 0.29) is 30.0 Å². The Hall–Kier alpha value is -3.49. The number of hydrogen-bond acceptors (Lipinski definition) is 5. The lowest BCUT2D eigenvalue weighted by Crippen LogP contribution is -2.41. The van der Waals surface area contributed by atoms with Gasteiger partial charge in [0, 0.05) is 28.8 Å². The monoisotopic (exact) mass is 494 g/mol. The van der Waals surface area contributed by atoms with Gasteiger partial charge in [-0.15, -0.1) is 0 Å². The number of nitrogens with zero attached hydrogens (tertiary/aromatic N) is 4. The maximum atomic E-state index is 13.8. The molecule has 0 fully saturated rings. The predicted octanol–water partition coefficient (Wildman–Crippen LogP) is 2.84. The van der Waals surface area contributed by atoms with Crippen molar-refractivity contribution in [2.24, 2.45) is 0 Å². The van der Waals surface area contributed by atoms with Gasteiger partial charge in [-0.2, -0.15) is 9.67 Å². The third-order valence-corrected chi connectivity index (χ3v) is 6.00. The molecule has 0 saturated carbocycles. The van der Waals surface area contributed by atoms with Gasteiger partial charge in [0.25, 0.3) is 11.6 Å². The van der Waals surface area contributed by atoms with E-state index in [0.717, 1.165) is 16.0 Å². The Bertz CT molecular complexity index is 1320. The number of rotatable bonds is 8. The van der Waals surface area contributed by atoms with Crippen molar-refractivity contribution >= 4 is 34.7 Å². The molecule has 0 saturated heterocycles. The summed E-state index contributed by atoms with van der Waals surface area (Å²) in [5.41, 5.74) is 3.12. The highest BCUT2D eigenvalue weighted by Gasteiger charge is 2.46. The molecule has 0 N–H and O–H groups in total. The Labute approximate surface area is 209 Å². The van der Waals surface area contributed by atoms with E-state index in [1.54, 1.807) is 41.2 Å². The summed E-state index contributed by atoms with van der Waals surface area (Å²) in [5, 5.41) is 18.8. The van der Waals surface area contributed by atoms with E-state index in [0.29, 0.717) is 29.2 Å². The number of imide groups is 1. The molecule has 4 rings (SSSR count). The number of carbonyl (C=O) groups excluding carboxylic acids is 2. The zero-order chi connectivity index (χ0) is 25.3. The van der Waals surface area contributed by atoms with Gasteiger partial charge in [0.2, 0.25) is 0 Å². The molecule has 3 aromatic rings. The number of aryl methyl sites for hydroxylation is 3. The van der Waals surface area contributed by atoms with Crippen LogP contribution in [0.25, 0.3) is 17.0 Å². The normalized spacial score (nSPS) is 13.9. The van der Waals surface area contributed by atoms with Crippen LogP contribution in [0.3, 0.4) is 0 Å². The average molecular weight is 495 g/mol. The van der Waals surface area contributed by atoms with Crippen molar-refractivity contribution in [3.8, 4) is 11.6 Å². The number of methoxy groups -OCH3 is 1. The Balaban J connectivity index is 2.00. The number of carbonyl (C=O) groups is 2. The third kappa shape index (κ3) is 4.59. The lowest BCUT2D eigenvalue weighted by molar-refractivity contribution is -0.577.